The van der Waals surface area contributed by atoms with Gasteiger partial charge in [0.1, 0.15) is 0 Å². The second-order valence-corrected chi connectivity index (χ2v) is 7.65. The number of amides is 1. The van der Waals surface area contributed by atoms with E-state index >= 15 is 0 Å². The number of ketones is 1. The molecule has 0 aliphatic heterocycles. The molecule has 0 fully saturated rings. The number of aromatic nitrogens is 2. The number of benzene rings is 2. The Morgan fingerprint density at radius 1 is 1.17 bits per heavy atom. The Labute approximate surface area is 182 Å². The number of hydrogen-bond acceptors (Lipinski definition) is 4. The summed E-state index contributed by atoms with van der Waals surface area (Å²) < 4.78 is 1.93. The first-order valence-corrected chi connectivity index (χ1v) is 9.87. The number of halogens is 2. The minimum Gasteiger partial charge on any atom is -0.326 e. The first-order chi connectivity index (χ1) is 13.5. The van der Waals surface area contributed by atoms with E-state index in [-0.39, 0.29) is 30.5 Å². The van der Waals surface area contributed by atoms with E-state index in [0.717, 1.165) is 21.9 Å². The lowest BCUT2D eigenvalue weighted by Gasteiger charge is -2.06. The maximum Gasteiger partial charge on any atom is 0.230 e. The van der Waals surface area contributed by atoms with Crippen LogP contribution in [0.1, 0.15) is 23.0 Å². The maximum absolute atomic E-state index is 12.5. The fourth-order valence-electron chi connectivity index (χ4n) is 2.90. The molecule has 1 N–H and O–H groups in total. The van der Waals surface area contributed by atoms with Crippen LogP contribution in [0.15, 0.2) is 60.1 Å². The number of nitrogens with zero attached hydrogens (tertiary/aromatic N) is 2. The summed E-state index contributed by atoms with van der Waals surface area (Å²) in [7, 11) is 0. The number of Topliss-reactive ketones (excluding diaryl/α,β-unsaturated/α-hetero) is 1. The highest BCUT2D eigenvalue weighted by molar-refractivity contribution is 7.15. The zero-order valence-corrected chi connectivity index (χ0v) is 17.8. The third-order valence-corrected chi connectivity index (χ3v) is 5.46. The van der Waals surface area contributed by atoms with E-state index < -0.39 is 0 Å². The first kappa shape index (κ1) is 21.0. The summed E-state index contributed by atoms with van der Waals surface area (Å²) >= 11 is 7.43. The van der Waals surface area contributed by atoms with Crippen LogP contribution in [0.3, 0.4) is 0 Å². The fraction of sp³-hybridized carbons (Fsp3) is 0.0952. The van der Waals surface area contributed by atoms with Crippen molar-refractivity contribution in [2.24, 2.45) is 0 Å². The summed E-state index contributed by atoms with van der Waals surface area (Å²) in [4.78, 5) is 29.4. The summed E-state index contributed by atoms with van der Waals surface area (Å²) in [5, 5.41) is 5.46. The largest absolute Gasteiger partial charge is 0.326 e. The highest BCUT2D eigenvalue weighted by Gasteiger charge is 2.13. The van der Waals surface area contributed by atoms with Gasteiger partial charge >= 0.3 is 0 Å². The molecule has 0 spiro atoms. The van der Waals surface area contributed by atoms with E-state index in [2.05, 4.69) is 10.3 Å². The Morgan fingerprint density at radius 2 is 1.93 bits per heavy atom. The van der Waals surface area contributed by atoms with Crippen molar-refractivity contribution >= 4 is 57.7 Å². The number of thiazole rings is 1. The van der Waals surface area contributed by atoms with Crippen molar-refractivity contribution in [3.8, 4) is 11.3 Å². The molecule has 4 rings (SSSR count). The molecular weight excluding hydrogens is 429 g/mol. The topological polar surface area (TPSA) is 63.5 Å². The zero-order chi connectivity index (χ0) is 19.7. The van der Waals surface area contributed by atoms with Gasteiger partial charge in [0, 0.05) is 39.1 Å². The van der Waals surface area contributed by atoms with Gasteiger partial charge < -0.3 is 5.32 Å². The highest BCUT2D eigenvalue weighted by Crippen LogP contribution is 2.25. The van der Waals surface area contributed by atoms with Crippen molar-refractivity contribution < 1.29 is 9.59 Å². The number of carbonyl (C=O) groups excluding carboxylic acids is 2. The molecule has 0 atom stereocenters. The van der Waals surface area contributed by atoms with Gasteiger partial charge in [0.25, 0.3) is 0 Å². The van der Waals surface area contributed by atoms with Gasteiger partial charge in [0.2, 0.25) is 5.91 Å². The molecule has 0 aliphatic carbocycles. The second-order valence-electron chi connectivity index (χ2n) is 6.37. The van der Waals surface area contributed by atoms with Gasteiger partial charge in [-0.15, -0.1) is 23.7 Å². The molecule has 4 aromatic rings. The summed E-state index contributed by atoms with van der Waals surface area (Å²) in [6.07, 6.45) is 2.13. The predicted molar refractivity (Wildman–Crippen MR) is 120 cm³/mol. The van der Waals surface area contributed by atoms with Gasteiger partial charge in [-0.3, -0.25) is 14.0 Å². The average molecular weight is 446 g/mol. The van der Waals surface area contributed by atoms with E-state index in [4.69, 9.17) is 11.6 Å². The summed E-state index contributed by atoms with van der Waals surface area (Å²) in [5.74, 6) is -0.189. The van der Waals surface area contributed by atoms with Gasteiger partial charge in [-0.2, -0.15) is 0 Å². The van der Waals surface area contributed by atoms with E-state index in [1.54, 1.807) is 24.3 Å². The van der Waals surface area contributed by atoms with Crippen LogP contribution in [-0.2, 0) is 11.2 Å². The third-order valence-electron chi connectivity index (χ3n) is 4.32. The molecule has 0 saturated heterocycles. The summed E-state index contributed by atoms with van der Waals surface area (Å²) in [5.41, 5.74) is 3.83. The number of rotatable bonds is 5. The smallest absolute Gasteiger partial charge is 0.230 e. The Morgan fingerprint density at radius 3 is 2.66 bits per heavy atom. The van der Waals surface area contributed by atoms with Crippen molar-refractivity contribution in [2.45, 2.75) is 13.3 Å². The van der Waals surface area contributed by atoms with Crippen molar-refractivity contribution in [3.63, 3.8) is 0 Å². The van der Waals surface area contributed by atoms with Gasteiger partial charge in [0.15, 0.2) is 10.7 Å². The van der Waals surface area contributed by atoms with Crippen LogP contribution in [0, 0.1) is 0 Å². The maximum atomic E-state index is 12.5. The molecule has 5 nitrogen and oxygen atoms in total. The molecule has 0 bridgehead atoms. The molecule has 29 heavy (non-hydrogen) atoms. The Balaban J connectivity index is 0.00000240. The zero-order valence-electron chi connectivity index (χ0n) is 15.4. The molecular formula is C21H17Cl2N3O2S. The van der Waals surface area contributed by atoms with Crippen LogP contribution >= 0.6 is 35.3 Å². The lowest BCUT2D eigenvalue weighted by Crippen LogP contribution is -2.15. The molecule has 0 saturated carbocycles. The molecule has 2 aromatic heterocycles. The average Bonchev–Trinajstić information content (AvgIpc) is 3.24. The van der Waals surface area contributed by atoms with Gasteiger partial charge in [0.05, 0.1) is 12.1 Å². The molecule has 8 heteroatoms. The predicted octanol–water partition coefficient (Wildman–Crippen LogP) is 5.52. The van der Waals surface area contributed by atoms with Crippen LogP contribution < -0.4 is 5.32 Å². The molecule has 0 unspecified atom stereocenters. The van der Waals surface area contributed by atoms with Crippen LogP contribution in [0.5, 0.6) is 0 Å². The molecule has 148 valence electrons. The van der Waals surface area contributed by atoms with E-state index in [1.165, 1.54) is 18.3 Å². The van der Waals surface area contributed by atoms with Crippen molar-refractivity contribution in [2.75, 3.05) is 5.32 Å². The SMILES string of the molecule is CC(=O)c1cccc(NC(=O)Cc2csc3nc(-c4ccc(Cl)cc4)cn23)c1.Cl. The number of fused-ring (bicyclic) bond motifs is 1. The van der Waals surface area contributed by atoms with Gasteiger partial charge in [-0.1, -0.05) is 35.9 Å². The number of carbonyl (C=O) groups is 2. The quantitative estimate of drug-likeness (QED) is 0.411. The summed E-state index contributed by atoms with van der Waals surface area (Å²) in [6.45, 7) is 1.50. The molecule has 0 aliphatic rings. The fourth-order valence-corrected chi connectivity index (χ4v) is 3.90. The van der Waals surface area contributed by atoms with Crippen LogP contribution in [-0.4, -0.2) is 21.1 Å². The lowest BCUT2D eigenvalue weighted by molar-refractivity contribution is -0.115. The molecule has 0 radical (unpaired) electrons. The Bertz CT molecular complexity index is 1180. The Hall–Kier alpha value is -2.67. The number of imidazole rings is 1. The third kappa shape index (κ3) is 4.67. The number of nitrogens with one attached hydrogen (secondary N) is 1. The first-order valence-electron chi connectivity index (χ1n) is 8.62. The molecule has 2 aromatic carbocycles. The molecule has 2 heterocycles. The van der Waals surface area contributed by atoms with Crippen molar-refractivity contribution in [3.05, 3.63) is 76.4 Å². The van der Waals surface area contributed by atoms with E-state index in [1.807, 2.05) is 40.2 Å². The number of anilines is 1. The Kier molecular flexibility index (Phi) is 6.37. The normalized spacial score (nSPS) is 10.6. The lowest BCUT2D eigenvalue weighted by atomic mass is 10.1. The van der Waals surface area contributed by atoms with E-state index in [0.29, 0.717) is 16.3 Å². The second kappa shape index (κ2) is 8.78. The van der Waals surface area contributed by atoms with Crippen LogP contribution in [0.2, 0.25) is 5.02 Å². The van der Waals surface area contributed by atoms with Crippen LogP contribution in [0.25, 0.3) is 16.2 Å². The van der Waals surface area contributed by atoms with Gasteiger partial charge in [-0.25, -0.2) is 4.98 Å². The van der Waals surface area contributed by atoms with Crippen LogP contribution in [0.4, 0.5) is 5.69 Å². The minimum atomic E-state index is -0.151. The van der Waals surface area contributed by atoms with Crippen molar-refractivity contribution in [1.29, 1.82) is 0 Å². The highest BCUT2D eigenvalue weighted by atomic mass is 35.5. The number of hydrogen-bond donors (Lipinski definition) is 1. The monoisotopic (exact) mass is 445 g/mol. The molecule has 1 amide bonds. The minimum absolute atomic E-state index is 0. The van der Waals surface area contributed by atoms with E-state index in [9.17, 15) is 9.59 Å². The van der Waals surface area contributed by atoms with Crippen molar-refractivity contribution in [1.82, 2.24) is 9.38 Å². The van der Waals surface area contributed by atoms with Gasteiger partial charge in [-0.05, 0) is 31.2 Å². The standard InChI is InChI=1S/C21H16ClN3O2S.ClH/c1-13(26)15-3-2-4-17(9-15)23-20(27)10-18-12-28-21-24-19(11-25(18)21)14-5-7-16(22)8-6-14;/h2-9,11-12H,10H2,1H3,(H,23,27);1H. The summed E-state index contributed by atoms with van der Waals surface area (Å²) in [6, 6.07) is 14.4.